The summed E-state index contributed by atoms with van der Waals surface area (Å²) in [6, 6.07) is 10.1. The van der Waals surface area contributed by atoms with E-state index in [4.69, 9.17) is 0 Å². The van der Waals surface area contributed by atoms with Crippen LogP contribution in [-0.2, 0) is 14.8 Å². The SMILES string of the molecule is Cc1ccc(F)cc1NC(=O)/C=C/c1ccc(S(=O)(=O)NC(C)C)cc1. The summed E-state index contributed by atoms with van der Waals surface area (Å²) in [5, 5.41) is 2.61. The van der Waals surface area contributed by atoms with Crippen LogP contribution in [0.5, 0.6) is 0 Å². The summed E-state index contributed by atoms with van der Waals surface area (Å²) in [6.45, 7) is 5.25. The van der Waals surface area contributed by atoms with Gasteiger partial charge in [0.05, 0.1) is 4.90 Å². The molecule has 0 aliphatic rings. The number of halogens is 1. The fourth-order valence-electron chi connectivity index (χ4n) is 2.21. The van der Waals surface area contributed by atoms with Gasteiger partial charge < -0.3 is 5.32 Å². The maximum atomic E-state index is 13.2. The molecule has 0 aromatic heterocycles. The van der Waals surface area contributed by atoms with Crippen LogP contribution in [0.25, 0.3) is 6.08 Å². The van der Waals surface area contributed by atoms with Crippen molar-refractivity contribution in [3.05, 3.63) is 65.5 Å². The summed E-state index contributed by atoms with van der Waals surface area (Å²) in [4.78, 5) is 12.1. The van der Waals surface area contributed by atoms with Crippen LogP contribution >= 0.6 is 0 Å². The van der Waals surface area contributed by atoms with Gasteiger partial charge in [-0.2, -0.15) is 0 Å². The van der Waals surface area contributed by atoms with E-state index in [1.807, 2.05) is 0 Å². The first kappa shape index (κ1) is 19.8. The van der Waals surface area contributed by atoms with E-state index >= 15 is 0 Å². The lowest BCUT2D eigenvalue weighted by Gasteiger charge is -2.09. The van der Waals surface area contributed by atoms with Gasteiger partial charge in [0.1, 0.15) is 5.82 Å². The standard InChI is InChI=1S/C19H21FN2O3S/c1-13(2)22-26(24,25)17-9-5-15(6-10-17)7-11-19(23)21-18-12-16(20)8-4-14(18)3/h4-13,22H,1-3H3,(H,21,23)/b11-7+. The summed E-state index contributed by atoms with van der Waals surface area (Å²) in [5.74, 6) is -0.835. The predicted octanol–water partition coefficient (Wildman–Crippen LogP) is 3.47. The fourth-order valence-corrected chi connectivity index (χ4v) is 3.46. The third-order valence-electron chi connectivity index (χ3n) is 3.47. The Bertz CT molecular complexity index is 920. The maximum Gasteiger partial charge on any atom is 0.248 e. The molecule has 0 fully saturated rings. The van der Waals surface area contributed by atoms with Crippen LogP contribution in [0.2, 0.25) is 0 Å². The molecule has 2 rings (SSSR count). The Morgan fingerprint density at radius 1 is 1.12 bits per heavy atom. The Hall–Kier alpha value is -2.51. The molecule has 2 N–H and O–H groups in total. The van der Waals surface area contributed by atoms with Gasteiger partial charge in [-0.15, -0.1) is 0 Å². The van der Waals surface area contributed by atoms with Crippen LogP contribution in [0.3, 0.4) is 0 Å². The monoisotopic (exact) mass is 376 g/mol. The Morgan fingerprint density at radius 2 is 1.77 bits per heavy atom. The van der Waals surface area contributed by atoms with Gasteiger partial charge in [-0.05, 0) is 62.2 Å². The van der Waals surface area contributed by atoms with E-state index in [1.54, 1.807) is 45.0 Å². The quantitative estimate of drug-likeness (QED) is 0.758. The highest BCUT2D eigenvalue weighted by Crippen LogP contribution is 2.16. The molecule has 2 aromatic rings. The first-order valence-corrected chi connectivity index (χ1v) is 9.53. The molecule has 0 atom stereocenters. The number of carbonyl (C=O) groups excluding carboxylic acids is 1. The summed E-state index contributed by atoms with van der Waals surface area (Å²) in [5.41, 5.74) is 1.82. The second kappa shape index (κ2) is 8.25. The Labute approximate surface area is 153 Å². The van der Waals surface area contributed by atoms with Crippen LogP contribution in [0, 0.1) is 12.7 Å². The Balaban J connectivity index is 2.06. The largest absolute Gasteiger partial charge is 0.322 e. The molecule has 1 amide bonds. The summed E-state index contributed by atoms with van der Waals surface area (Å²) >= 11 is 0. The molecule has 0 bridgehead atoms. The van der Waals surface area contributed by atoms with Gasteiger partial charge in [0.15, 0.2) is 0 Å². The number of aryl methyl sites for hydroxylation is 1. The molecule has 2 aromatic carbocycles. The molecule has 0 aliphatic carbocycles. The van der Waals surface area contributed by atoms with E-state index in [0.717, 1.165) is 5.56 Å². The topological polar surface area (TPSA) is 75.3 Å². The van der Waals surface area contributed by atoms with Gasteiger partial charge in [-0.3, -0.25) is 4.79 Å². The average molecular weight is 376 g/mol. The normalized spacial score (nSPS) is 11.9. The minimum absolute atomic E-state index is 0.156. The summed E-state index contributed by atoms with van der Waals surface area (Å²) in [7, 11) is -3.55. The average Bonchev–Trinajstić information content (AvgIpc) is 2.55. The van der Waals surface area contributed by atoms with E-state index in [0.29, 0.717) is 11.3 Å². The van der Waals surface area contributed by atoms with E-state index < -0.39 is 21.7 Å². The van der Waals surface area contributed by atoms with E-state index in [1.165, 1.54) is 30.3 Å². The molecule has 0 spiro atoms. The number of nitrogens with one attached hydrogen (secondary N) is 2. The minimum atomic E-state index is -3.55. The van der Waals surface area contributed by atoms with Gasteiger partial charge in [-0.1, -0.05) is 18.2 Å². The third kappa shape index (κ3) is 5.50. The zero-order valence-corrected chi connectivity index (χ0v) is 15.6. The van der Waals surface area contributed by atoms with Crippen molar-refractivity contribution in [1.82, 2.24) is 4.72 Å². The number of rotatable bonds is 6. The number of hydrogen-bond acceptors (Lipinski definition) is 3. The summed E-state index contributed by atoms with van der Waals surface area (Å²) < 4.78 is 39.9. The van der Waals surface area contributed by atoms with Crippen molar-refractivity contribution in [1.29, 1.82) is 0 Å². The number of sulfonamides is 1. The summed E-state index contributed by atoms with van der Waals surface area (Å²) in [6.07, 6.45) is 2.86. The zero-order valence-electron chi connectivity index (χ0n) is 14.8. The molecule has 0 saturated heterocycles. The first-order valence-electron chi connectivity index (χ1n) is 8.05. The fraction of sp³-hybridized carbons (Fsp3) is 0.211. The van der Waals surface area contributed by atoms with Crippen molar-refractivity contribution in [3.63, 3.8) is 0 Å². The smallest absolute Gasteiger partial charge is 0.248 e. The number of amides is 1. The molecular formula is C19H21FN2O3S. The second-order valence-corrected chi connectivity index (χ2v) is 7.84. The van der Waals surface area contributed by atoms with Gasteiger partial charge >= 0.3 is 0 Å². The third-order valence-corrected chi connectivity index (χ3v) is 5.14. The van der Waals surface area contributed by atoms with E-state index in [-0.39, 0.29) is 10.9 Å². The molecule has 0 saturated carbocycles. The molecule has 5 nitrogen and oxygen atoms in total. The molecule has 26 heavy (non-hydrogen) atoms. The second-order valence-electron chi connectivity index (χ2n) is 6.13. The molecule has 0 unspecified atom stereocenters. The maximum absolute atomic E-state index is 13.2. The van der Waals surface area contributed by atoms with E-state index in [2.05, 4.69) is 10.0 Å². The molecule has 138 valence electrons. The Kier molecular flexibility index (Phi) is 6.28. The first-order chi connectivity index (χ1) is 12.2. The van der Waals surface area contributed by atoms with Crippen molar-refractivity contribution in [2.24, 2.45) is 0 Å². The predicted molar refractivity (Wildman–Crippen MR) is 101 cm³/mol. The van der Waals surface area contributed by atoms with Crippen LogP contribution in [0.4, 0.5) is 10.1 Å². The van der Waals surface area contributed by atoms with Crippen molar-refractivity contribution < 1.29 is 17.6 Å². The highest BCUT2D eigenvalue weighted by atomic mass is 32.2. The molecule has 0 aliphatic heterocycles. The zero-order chi connectivity index (χ0) is 19.3. The van der Waals surface area contributed by atoms with E-state index in [9.17, 15) is 17.6 Å². The van der Waals surface area contributed by atoms with Crippen LogP contribution in [0.1, 0.15) is 25.0 Å². The van der Waals surface area contributed by atoms with Crippen molar-refractivity contribution in [2.75, 3.05) is 5.32 Å². The van der Waals surface area contributed by atoms with Crippen LogP contribution in [-0.4, -0.2) is 20.4 Å². The molecular weight excluding hydrogens is 355 g/mol. The molecule has 7 heteroatoms. The number of benzene rings is 2. The van der Waals surface area contributed by atoms with Crippen LogP contribution in [0.15, 0.2) is 53.4 Å². The van der Waals surface area contributed by atoms with Crippen LogP contribution < -0.4 is 10.0 Å². The van der Waals surface area contributed by atoms with Gasteiger partial charge in [0.25, 0.3) is 0 Å². The number of anilines is 1. The Morgan fingerprint density at radius 3 is 2.38 bits per heavy atom. The number of hydrogen-bond donors (Lipinski definition) is 2. The lowest BCUT2D eigenvalue weighted by molar-refractivity contribution is -0.111. The highest BCUT2D eigenvalue weighted by molar-refractivity contribution is 7.89. The molecule has 0 heterocycles. The van der Waals surface area contributed by atoms with Crippen molar-refractivity contribution in [2.45, 2.75) is 31.7 Å². The van der Waals surface area contributed by atoms with Crippen molar-refractivity contribution in [3.8, 4) is 0 Å². The lowest BCUT2D eigenvalue weighted by Crippen LogP contribution is -2.30. The van der Waals surface area contributed by atoms with Gasteiger partial charge in [-0.25, -0.2) is 17.5 Å². The van der Waals surface area contributed by atoms with Gasteiger partial charge in [0.2, 0.25) is 15.9 Å². The number of carbonyl (C=O) groups is 1. The molecule has 0 radical (unpaired) electrons. The highest BCUT2D eigenvalue weighted by Gasteiger charge is 2.14. The lowest BCUT2D eigenvalue weighted by atomic mass is 10.2. The minimum Gasteiger partial charge on any atom is -0.322 e. The van der Waals surface area contributed by atoms with Gasteiger partial charge in [0, 0.05) is 17.8 Å². The van der Waals surface area contributed by atoms with Crippen molar-refractivity contribution >= 4 is 27.7 Å².